The van der Waals surface area contributed by atoms with Crippen LogP contribution in [0.4, 0.5) is 0 Å². The van der Waals surface area contributed by atoms with Crippen LogP contribution < -0.4 is 5.32 Å². The van der Waals surface area contributed by atoms with Gasteiger partial charge in [0.15, 0.2) is 0 Å². The third-order valence-electron chi connectivity index (χ3n) is 6.71. The molecule has 112 valence electrons. The fraction of sp³-hybridized carbons (Fsp3) is 0.941. The first-order valence-electron chi connectivity index (χ1n) is 8.31. The van der Waals surface area contributed by atoms with Crippen molar-refractivity contribution in [2.75, 3.05) is 20.1 Å². The normalized spacial score (nSPS) is 50.0. The molecule has 4 bridgehead atoms. The Morgan fingerprint density at radius 3 is 2.10 bits per heavy atom. The molecule has 4 aliphatic carbocycles. The standard InChI is InChI=1S/C17H28N2O/c1-15-4-12-5-16(2,9-15)11-17(6-12,10-15)14(20)19(3)13-7-18-8-13/h12-13,18H,4-11H2,1-3H3. The Morgan fingerprint density at radius 2 is 1.65 bits per heavy atom. The fourth-order valence-electron chi connectivity index (χ4n) is 6.77. The maximum Gasteiger partial charge on any atom is 0.228 e. The highest BCUT2D eigenvalue weighted by Crippen LogP contribution is 2.69. The van der Waals surface area contributed by atoms with Gasteiger partial charge in [-0.1, -0.05) is 13.8 Å². The molecule has 3 nitrogen and oxygen atoms in total. The van der Waals surface area contributed by atoms with Crippen molar-refractivity contribution in [3.8, 4) is 0 Å². The van der Waals surface area contributed by atoms with Gasteiger partial charge in [0, 0.05) is 20.1 Å². The molecular formula is C17H28N2O. The summed E-state index contributed by atoms with van der Waals surface area (Å²) in [4.78, 5) is 15.3. The largest absolute Gasteiger partial charge is 0.340 e. The summed E-state index contributed by atoms with van der Waals surface area (Å²) in [5.41, 5.74) is 0.846. The van der Waals surface area contributed by atoms with Crippen LogP contribution in [0.25, 0.3) is 0 Å². The van der Waals surface area contributed by atoms with E-state index < -0.39 is 0 Å². The first-order chi connectivity index (χ1) is 9.33. The molecule has 5 aliphatic rings. The van der Waals surface area contributed by atoms with Crippen molar-refractivity contribution in [1.82, 2.24) is 10.2 Å². The van der Waals surface area contributed by atoms with Gasteiger partial charge in [-0.2, -0.15) is 0 Å². The minimum absolute atomic E-state index is 0.0206. The van der Waals surface area contributed by atoms with Crippen LogP contribution in [0.5, 0.6) is 0 Å². The summed E-state index contributed by atoms with van der Waals surface area (Å²) in [6.45, 7) is 6.86. The maximum atomic E-state index is 13.2. The number of rotatable bonds is 2. The van der Waals surface area contributed by atoms with Crippen LogP contribution in [0.2, 0.25) is 0 Å². The molecule has 3 heteroatoms. The zero-order chi connectivity index (χ0) is 14.2. The number of likely N-dealkylation sites (N-methyl/N-ethyl adjacent to an activating group) is 1. The maximum absolute atomic E-state index is 13.2. The molecule has 0 aromatic rings. The molecule has 20 heavy (non-hydrogen) atoms. The lowest BCUT2D eigenvalue weighted by Gasteiger charge is -2.65. The lowest BCUT2D eigenvalue weighted by Crippen LogP contribution is -2.64. The van der Waals surface area contributed by atoms with E-state index in [1.165, 1.54) is 25.7 Å². The monoisotopic (exact) mass is 276 g/mol. The lowest BCUT2D eigenvalue weighted by atomic mass is 9.40. The van der Waals surface area contributed by atoms with Crippen LogP contribution in [0.15, 0.2) is 0 Å². The second-order valence-corrected chi connectivity index (χ2v) is 9.14. The van der Waals surface area contributed by atoms with E-state index in [1.54, 1.807) is 0 Å². The smallest absolute Gasteiger partial charge is 0.228 e. The molecule has 0 spiro atoms. The molecule has 4 saturated carbocycles. The van der Waals surface area contributed by atoms with E-state index in [2.05, 4.69) is 24.1 Å². The molecule has 1 saturated heterocycles. The third kappa shape index (κ3) is 1.71. The Morgan fingerprint density at radius 1 is 1.05 bits per heavy atom. The van der Waals surface area contributed by atoms with Crippen molar-refractivity contribution in [1.29, 1.82) is 0 Å². The number of amides is 1. The topological polar surface area (TPSA) is 32.3 Å². The summed E-state index contributed by atoms with van der Waals surface area (Å²) < 4.78 is 0. The molecule has 2 atom stereocenters. The summed E-state index contributed by atoms with van der Waals surface area (Å²) >= 11 is 0. The highest BCUT2D eigenvalue weighted by molar-refractivity contribution is 5.83. The number of carbonyl (C=O) groups is 1. The van der Waals surface area contributed by atoms with Crippen LogP contribution in [-0.2, 0) is 4.79 Å². The summed E-state index contributed by atoms with van der Waals surface area (Å²) in [5, 5.41) is 3.29. The molecule has 0 aromatic heterocycles. The molecule has 1 N–H and O–H groups in total. The molecule has 0 radical (unpaired) electrons. The molecule has 1 heterocycles. The van der Waals surface area contributed by atoms with Crippen LogP contribution >= 0.6 is 0 Å². The predicted molar refractivity (Wildman–Crippen MR) is 79.3 cm³/mol. The zero-order valence-electron chi connectivity index (χ0n) is 13.2. The Hall–Kier alpha value is -0.570. The zero-order valence-corrected chi connectivity index (χ0v) is 13.2. The summed E-state index contributed by atoms with van der Waals surface area (Å²) in [5.74, 6) is 1.27. The van der Waals surface area contributed by atoms with E-state index in [0.29, 0.717) is 22.8 Å². The average Bonchev–Trinajstić information content (AvgIpc) is 2.20. The molecule has 5 fully saturated rings. The van der Waals surface area contributed by atoms with Crippen molar-refractivity contribution in [3.05, 3.63) is 0 Å². The van der Waals surface area contributed by atoms with E-state index in [-0.39, 0.29) is 5.41 Å². The van der Waals surface area contributed by atoms with Gasteiger partial charge in [-0.3, -0.25) is 4.79 Å². The molecule has 5 rings (SSSR count). The number of nitrogens with one attached hydrogen (secondary N) is 1. The van der Waals surface area contributed by atoms with E-state index in [1.807, 2.05) is 7.05 Å². The van der Waals surface area contributed by atoms with Crippen LogP contribution in [0.3, 0.4) is 0 Å². The van der Waals surface area contributed by atoms with Crippen LogP contribution in [0, 0.1) is 22.2 Å². The van der Waals surface area contributed by atoms with E-state index in [4.69, 9.17) is 0 Å². The van der Waals surface area contributed by atoms with Gasteiger partial charge in [0.1, 0.15) is 0 Å². The number of hydrogen-bond donors (Lipinski definition) is 1. The SMILES string of the molecule is CN(C(=O)C12CC3CC(C)(CC(C)(C3)C1)C2)C1CNC1. The first-order valence-corrected chi connectivity index (χ1v) is 8.31. The minimum Gasteiger partial charge on any atom is -0.340 e. The molecule has 1 aliphatic heterocycles. The van der Waals surface area contributed by atoms with Gasteiger partial charge in [0.05, 0.1) is 11.5 Å². The van der Waals surface area contributed by atoms with Crippen molar-refractivity contribution in [2.45, 2.75) is 58.4 Å². The van der Waals surface area contributed by atoms with E-state index in [0.717, 1.165) is 31.8 Å². The highest BCUT2D eigenvalue weighted by Gasteiger charge is 2.63. The van der Waals surface area contributed by atoms with Crippen LogP contribution in [0.1, 0.15) is 52.4 Å². The number of carbonyl (C=O) groups excluding carboxylic acids is 1. The lowest BCUT2D eigenvalue weighted by molar-refractivity contribution is -0.180. The second-order valence-electron chi connectivity index (χ2n) is 9.14. The fourth-order valence-corrected chi connectivity index (χ4v) is 6.77. The predicted octanol–water partition coefficient (Wildman–Crippen LogP) is 2.41. The van der Waals surface area contributed by atoms with Gasteiger partial charge in [-0.15, -0.1) is 0 Å². The molecular weight excluding hydrogens is 248 g/mol. The summed E-state index contributed by atoms with van der Waals surface area (Å²) in [7, 11) is 2.04. The van der Waals surface area contributed by atoms with E-state index >= 15 is 0 Å². The molecule has 0 aromatic carbocycles. The van der Waals surface area contributed by atoms with Gasteiger partial charge in [-0.05, 0) is 55.3 Å². The molecule has 2 unspecified atom stereocenters. The quantitative estimate of drug-likeness (QED) is 0.840. The van der Waals surface area contributed by atoms with Gasteiger partial charge in [0.25, 0.3) is 0 Å². The highest BCUT2D eigenvalue weighted by atomic mass is 16.2. The Kier molecular flexibility index (Phi) is 2.49. The van der Waals surface area contributed by atoms with Crippen LogP contribution in [-0.4, -0.2) is 37.0 Å². The van der Waals surface area contributed by atoms with Crippen molar-refractivity contribution in [2.24, 2.45) is 22.2 Å². The van der Waals surface area contributed by atoms with Gasteiger partial charge in [0.2, 0.25) is 5.91 Å². The average molecular weight is 276 g/mol. The first kappa shape index (κ1) is 13.1. The van der Waals surface area contributed by atoms with Crippen molar-refractivity contribution < 1.29 is 4.79 Å². The Labute approximate surface area is 122 Å². The van der Waals surface area contributed by atoms with Gasteiger partial charge >= 0.3 is 0 Å². The second kappa shape index (κ2) is 3.79. The van der Waals surface area contributed by atoms with Gasteiger partial charge in [-0.25, -0.2) is 0 Å². The van der Waals surface area contributed by atoms with Gasteiger partial charge < -0.3 is 10.2 Å². The van der Waals surface area contributed by atoms with E-state index in [9.17, 15) is 4.79 Å². The molecule has 1 amide bonds. The van der Waals surface area contributed by atoms with Crippen molar-refractivity contribution >= 4 is 5.91 Å². The Balaban J connectivity index is 1.64. The third-order valence-corrected chi connectivity index (χ3v) is 6.71. The van der Waals surface area contributed by atoms with Crippen molar-refractivity contribution in [3.63, 3.8) is 0 Å². The Bertz CT molecular complexity index is 438. The summed E-state index contributed by atoms with van der Waals surface area (Å²) in [6, 6.07) is 0.441. The number of nitrogens with zero attached hydrogens (tertiary/aromatic N) is 1. The minimum atomic E-state index is -0.0206. The number of hydrogen-bond acceptors (Lipinski definition) is 2. The summed E-state index contributed by atoms with van der Waals surface area (Å²) in [6.07, 6.45) is 7.55.